The molecule has 0 N–H and O–H groups in total. The van der Waals surface area contributed by atoms with Gasteiger partial charge in [0.25, 0.3) is 0 Å². The van der Waals surface area contributed by atoms with Crippen molar-refractivity contribution in [3.05, 3.63) is 83.4 Å². The Morgan fingerprint density at radius 1 is 0.875 bits per heavy atom. The molecule has 2 nitrogen and oxygen atoms in total. The molecule has 2 aromatic carbocycles. The molecular weight excluding hydrogens is 292 g/mol. The number of likely N-dealkylation sites (N-methyl/N-ethyl adjacent to an activating group) is 1. The lowest BCUT2D eigenvalue weighted by Gasteiger charge is -2.41. The van der Waals surface area contributed by atoms with E-state index in [4.69, 9.17) is 0 Å². The Balaban J connectivity index is 0.000000526. The summed E-state index contributed by atoms with van der Waals surface area (Å²) in [4.78, 5) is 5.09. The highest BCUT2D eigenvalue weighted by atomic mass is 15.3. The van der Waals surface area contributed by atoms with E-state index in [1.54, 1.807) is 6.08 Å². The summed E-state index contributed by atoms with van der Waals surface area (Å²) in [5.74, 6) is 0. The number of hydrogen-bond donors (Lipinski definition) is 0. The highest BCUT2D eigenvalue weighted by molar-refractivity contribution is 5.48. The Hall–Kier alpha value is -1.90. The number of allylic oxidation sites excluding steroid dienone is 1. The zero-order valence-corrected chi connectivity index (χ0v) is 14.9. The van der Waals surface area contributed by atoms with E-state index >= 15 is 0 Å². The summed E-state index contributed by atoms with van der Waals surface area (Å²) in [7, 11) is 2.22. The van der Waals surface area contributed by atoms with Gasteiger partial charge in [-0.25, -0.2) is 0 Å². The van der Waals surface area contributed by atoms with E-state index in [-0.39, 0.29) is 0 Å². The fraction of sp³-hybridized carbons (Fsp3) is 0.364. The number of piperazine rings is 1. The number of nitrogens with zero attached hydrogens (tertiary/aromatic N) is 2. The Morgan fingerprint density at radius 2 is 1.33 bits per heavy atom. The van der Waals surface area contributed by atoms with Crippen molar-refractivity contribution in [3.8, 4) is 0 Å². The van der Waals surface area contributed by atoms with Crippen LogP contribution < -0.4 is 0 Å². The third-order valence-corrected chi connectivity index (χ3v) is 4.98. The van der Waals surface area contributed by atoms with Crippen LogP contribution in [0, 0.1) is 0 Å². The Labute approximate surface area is 146 Å². The van der Waals surface area contributed by atoms with E-state index in [0.717, 1.165) is 19.5 Å². The van der Waals surface area contributed by atoms with Crippen molar-refractivity contribution < 1.29 is 0 Å². The normalized spacial score (nSPS) is 18.1. The Kier molecular flexibility index (Phi) is 5.49. The molecule has 2 aromatic rings. The first-order valence-corrected chi connectivity index (χ1v) is 8.90. The van der Waals surface area contributed by atoms with E-state index < -0.39 is 0 Å². The molecule has 1 fully saturated rings. The minimum atomic E-state index is 0.444. The molecule has 1 aliphatic heterocycles. The first-order valence-electron chi connectivity index (χ1n) is 8.90. The van der Waals surface area contributed by atoms with Gasteiger partial charge in [-0.05, 0) is 42.6 Å². The van der Waals surface area contributed by atoms with Crippen molar-refractivity contribution in [2.45, 2.75) is 19.4 Å². The Bertz CT molecular complexity index is 638. The Morgan fingerprint density at radius 3 is 1.83 bits per heavy atom. The lowest BCUT2D eigenvalue weighted by atomic mass is 9.81. The summed E-state index contributed by atoms with van der Waals surface area (Å²) < 4.78 is 0. The van der Waals surface area contributed by atoms with Gasteiger partial charge in [0.15, 0.2) is 0 Å². The first-order chi connectivity index (χ1) is 11.7. The predicted octanol–water partition coefficient (Wildman–Crippen LogP) is 4.12. The van der Waals surface area contributed by atoms with Crippen LogP contribution in [0.2, 0.25) is 0 Å². The number of benzene rings is 2. The van der Waals surface area contributed by atoms with Gasteiger partial charge >= 0.3 is 0 Å². The highest BCUT2D eigenvalue weighted by Crippen LogP contribution is 2.38. The minimum Gasteiger partial charge on any atom is -0.304 e. The largest absolute Gasteiger partial charge is 0.304 e. The topological polar surface area (TPSA) is 6.48 Å². The fourth-order valence-electron chi connectivity index (χ4n) is 3.77. The second-order valence-electron chi connectivity index (χ2n) is 6.72. The molecule has 0 amide bonds. The number of rotatable bonds is 1. The van der Waals surface area contributed by atoms with Crippen LogP contribution in [0.1, 0.15) is 35.2 Å². The lowest BCUT2D eigenvalue weighted by molar-refractivity contribution is 0.125. The average molecular weight is 320 g/mol. The third kappa shape index (κ3) is 3.45. The molecule has 1 heterocycles. The summed E-state index contributed by atoms with van der Waals surface area (Å²) >= 11 is 0. The maximum absolute atomic E-state index is 3.36. The maximum atomic E-state index is 3.36. The van der Waals surface area contributed by atoms with Crippen molar-refractivity contribution in [2.24, 2.45) is 0 Å². The molecule has 126 valence electrons. The van der Waals surface area contributed by atoms with Crippen LogP contribution in [0.15, 0.2) is 61.2 Å². The van der Waals surface area contributed by atoms with E-state index in [1.807, 2.05) is 6.92 Å². The summed E-state index contributed by atoms with van der Waals surface area (Å²) in [6.07, 6.45) is 2.83. The summed E-state index contributed by atoms with van der Waals surface area (Å²) in [6, 6.07) is 18.4. The van der Waals surface area contributed by atoms with Crippen LogP contribution in [0.4, 0.5) is 0 Å². The summed E-state index contributed by atoms with van der Waals surface area (Å²) in [5.41, 5.74) is 6.03. The van der Waals surface area contributed by atoms with Gasteiger partial charge in [0.1, 0.15) is 0 Å². The van der Waals surface area contributed by atoms with Crippen LogP contribution in [0.3, 0.4) is 0 Å². The second kappa shape index (κ2) is 7.78. The third-order valence-electron chi connectivity index (χ3n) is 4.98. The van der Waals surface area contributed by atoms with Crippen LogP contribution >= 0.6 is 0 Å². The molecule has 0 bridgehead atoms. The molecule has 2 heteroatoms. The summed E-state index contributed by atoms with van der Waals surface area (Å²) in [5, 5.41) is 0. The second-order valence-corrected chi connectivity index (χ2v) is 6.72. The molecule has 0 unspecified atom stereocenters. The van der Waals surface area contributed by atoms with Crippen LogP contribution in [-0.4, -0.2) is 43.0 Å². The fourth-order valence-corrected chi connectivity index (χ4v) is 3.77. The molecule has 24 heavy (non-hydrogen) atoms. The molecule has 4 rings (SSSR count). The average Bonchev–Trinajstić information content (AvgIpc) is 2.61. The smallest absolute Gasteiger partial charge is 0.0608 e. The standard InChI is InChI=1S/C19H22N2.C3H6/c1-20-10-12-21(13-11-20)19-17-8-4-2-6-15(17)14-16-7-3-5-9-18(16)19;1-3-2/h2-9,19H,10-14H2,1H3;3H,1H2,2H3. The van der Waals surface area contributed by atoms with Gasteiger partial charge in [0.05, 0.1) is 6.04 Å². The van der Waals surface area contributed by atoms with Gasteiger partial charge < -0.3 is 4.90 Å². The molecule has 0 atom stereocenters. The van der Waals surface area contributed by atoms with Gasteiger partial charge in [-0.3, -0.25) is 4.90 Å². The number of hydrogen-bond acceptors (Lipinski definition) is 2. The minimum absolute atomic E-state index is 0.444. The van der Waals surface area contributed by atoms with Crippen molar-refractivity contribution in [2.75, 3.05) is 33.2 Å². The highest BCUT2D eigenvalue weighted by Gasteiger charge is 2.31. The van der Waals surface area contributed by atoms with Crippen LogP contribution in [0.25, 0.3) is 0 Å². The quantitative estimate of drug-likeness (QED) is 0.729. The molecule has 1 saturated heterocycles. The monoisotopic (exact) mass is 320 g/mol. The zero-order valence-electron chi connectivity index (χ0n) is 14.9. The van der Waals surface area contributed by atoms with Gasteiger partial charge in [0.2, 0.25) is 0 Å². The van der Waals surface area contributed by atoms with Crippen LogP contribution in [0.5, 0.6) is 0 Å². The van der Waals surface area contributed by atoms with Gasteiger partial charge in [-0.2, -0.15) is 0 Å². The van der Waals surface area contributed by atoms with Gasteiger partial charge in [-0.15, -0.1) is 6.58 Å². The van der Waals surface area contributed by atoms with Crippen molar-refractivity contribution in [3.63, 3.8) is 0 Å². The zero-order chi connectivity index (χ0) is 16.9. The molecule has 2 aliphatic rings. The van der Waals surface area contributed by atoms with Gasteiger partial charge in [-0.1, -0.05) is 54.6 Å². The molecule has 0 radical (unpaired) electrons. The van der Waals surface area contributed by atoms with E-state index in [1.165, 1.54) is 35.3 Å². The van der Waals surface area contributed by atoms with E-state index in [9.17, 15) is 0 Å². The van der Waals surface area contributed by atoms with Crippen LogP contribution in [-0.2, 0) is 6.42 Å². The predicted molar refractivity (Wildman–Crippen MR) is 102 cm³/mol. The van der Waals surface area contributed by atoms with E-state index in [0.29, 0.717) is 6.04 Å². The molecular formula is C22H28N2. The van der Waals surface area contributed by atoms with Crippen molar-refractivity contribution >= 4 is 0 Å². The molecule has 0 aromatic heterocycles. The van der Waals surface area contributed by atoms with E-state index in [2.05, 4.69) is 72.0 Å². The van der Waals surface area contributed by atoms with Crippen molar-refractivity contribution in [1.29, 1.82) is 0 Å². The molecule has 0 saturated carbocycles. The molecule has 0 spiro atoms. The lowest BCUT2D eigenvalue weighted by Crippen LogP contribution is -2.47. The first kappa shape index (κ1) is 16.9. The van der Waals surface area contributed by atoms with Crippen molar-refractivity contribution in [1.82, 2.24) is 9.80 Å². The number of fused-ring (bicyclic) bond motifs is 2. The maximum Gasteiger partial charge on any atom is 0.0608 e. The SMILES string of the molecule is C=CC.CN1CCN(C2c3ccccc3Cc3ccccc32)CC1. The van der Waals surface area contributed by atoms with Gasteiger partial charge in [0, 0.05) is 26.2 Å². The molecule has 1 aliphatic carbocycles. The summed E-state index contributed by atoms with van der Waals surface area (Å²) in [6.45, 7) is 9.90.